The molecule has 4 aromatic rings. The molecule has 0 radical (unpaired) electrons. The maximum atomic E-state index is 12.5. The van der Waals surface area contributed by atoms with Crippen LogP contribution in [0.3, 0.4) is 0 Å². The van der Waals surface area contributed by atoms with Gasteiger partial charge in [-0.05, 0) is 48.0 Å². The molecule has 0 bridgehead atoms. The van der Waals surface area contributed by atoms with Crippen molar-refractivity contribution in [3.63, 3.8) is 0 Å². The number of alkyl halides is 3. The fraction of sp³-hybridized carbons (Fsp3) is 0.240. The molecule has 6 nitrogen and oxygen atoms in total. The Bertz CT molecular complexity index is 1320. The summed E-state index contributed by atoms with van der Waals surface area (Å²) in [5.74, 6) is 1.73. The quantitative estimate of drug-likeness (QED) is 0.383. The first-order valence-electron chi connectivity index (χ1n) is 10.7. The number of para-hydroxylation sites is 2. The van der Waals surface area contributed by atoms with Gasteiger partial charge >= 0.3 is 6.36 Å². The summed E-state index contributed by atoms with van der Waals surface area (Å²) in [6, 6.07) is 19.3. The molecule has 1 aliphatic heterocycles. The van der Waals surface area contributed by atoms with E-state index in [0.29, 0.717) is 30.5 Å². The zero-order chi connectivity index (χ0) is 23.9. The lowest BCUT2D eigenvalue weighted by molar-refractivity contribution is -0.274. The number of hydrogen-bond acceptors (Lipinski definition) is 5. The highest BCUT2D eigenvalue weighted by molar-refractivity contribution is 5.80. The number of rotatable bonds is 5. The molecule has 9 heteroatoms. The van der Waals surface area contributed by atoms with E-state index in [-0.39, 0.29) is 5.75 Å². The highest BCUT2D eigenvalue weighted by atomic mass is 19.4. The highest BCUT2D eigenvalue weighted by Crippen LogP contribution is 2.37. The first-order valence-corrected chi connectivity index (χ1v) is 10.7. The van der Waals surface area contributed by atoms with Gasteiger partial charge in [0.05, 0.1) is 11.0 Å². The van der Waals surface area contributed by atoms with Gasteiger partial charge < -0.3 is 23.7 Å². The third-order valence-corrected chi connectivity index (χ3v) is 5.57. The standard InChI is InChI=1S/C25H22F3N3O3/c1-30(2)17-9-12-20-19(13-17)29-24(23-15-32-21-5-3-4-6-22(21)33-23)31(20)14-16-7-10-18(11-8-16)34-25(26,27)28/h3-13,23H,14-15H2,1-2H3. The molecule has 2 heterocycles. The summed E-state index contributed by atoms with van der Waals surface area (Å²) in [5.41, 5.74) is 3.48. The van der Waals surface area contributed by atoms with Crippen LogP contribution in [0.5, 0.6) is 17.2 Å². The van der Waals surface area contributed by atoms with Crippen molar-refractivity contribution in [2.24, 2.45) is 0 Å². The lowest BCUT2D eigenvalue weighted by Crippen LogP contribution is -2.25. The summed E-state index contributed by atoms with van der Waals surface area (Å²) in [6.07, 6.45) is -5.17. The summed E-state index contributed by atoms with van der Waals surface area (Å²) in [5, 5.41) is 0. The Morgan fingerprint density at radius 1 is 1.03 bits per heavy atom. The monoisotopic (exact) mass is 469 g/mol. The highest BCUT2D eigenvalue weighted by Gasteiger charge is 2.31. The van der Waals surface area contributed by atoms with Gasteiger partial charge in [-0.2, -0.15) is 0 Å². The van der Waals surface area contributed by atoms with Crippen molar-refractivity contribution in [2.45, 2.75) is 19.0 Å². The summed E-state index contributed by atoms with van der Waals surface area (Å²) < 4.78 is 55.7. The Balaban J connectivity index is 1.52. The number of benzene rings is 3. The molecule has 0 amide bonds. The van der Waals surface area contributed by atoms with Gasteiger partial charge in [-0.25, -0.2) is 4.98 Å². The maximum absolute atomic E-state index is 12.5. The molecule has 34 heavy (non-hydrogen) atoms. The average Bonchev–Trinajstić information content (AvgIpc) is 3.16. The molecular weight excluding hydrogens is 447 g/mol. The molecule has 1 atom stereocenters. The van der Waals surface area contributed by atoms with Crippen LogP contribution in [0.15, 0.2) is 66.7 Å². The van der Waals surface area contributed by atoms with E-state index >= 15 is 0 Å². The normalized spacial score (nSPS) is 15.4. The van der Waals surface area contributed by atoms with Crippen molar-refractivity contribution in [1.82, 2.24) is 9.55 Å². The molecule has 0 aliphatic carbocycles. The van der Waals surface area contributed by atoms with Crippen LogP contribution in [-0.2, 0) is 6.54 Å². The van der Waals surface area contributed by atoms with Gasteiger partial charge in [0.15, 0.2) is 23.4 Å². The van der Waals surface area contributed by atoms with Crippen LogP contribution in [0.25, 0.3) is 11.0 Å². The number of nitrogens with zero attached hydrogens (tertiary/aromatic N) is 3. The summed E-state index contributed by atoms with van der Waals surface area (Å²) in [4.78, 5) is 6.87. The number of halogens is 3. The number of ether oxygens (including phenoxy) is 3. The maximum Gasteiger partial charge on any atom is 0.573 e. The molecule has 0 N–H and O–H groups in total. The van der Waals surface area contributed by atoms with Gasteiger partial charge in [0.1, 0.15) is 12.4 Å². The van der Waals surface area contributed by atoms with E-state index in [1.54, 1.807) is 12.1 Å². The van der Waals surface area contributed by atoms with Gasteiger partial charge in [-0.1, -0.05) is 24.3 Å². The topological polar surface area (TPSA) is 48.8 Å². The summed E-state index contributed by atoms with van der Waals surface area (Å²) in [7, 11) is 3.91. The van der Waals surface area contributed by atoms with E-state index in [4.69, 9.17) is 14.5 Å². The Hall–Kier alpha value is -3.88. The molecule has 5 rings (SSSR count). The second kappa shape index (κ2) is 8.48. The number of aromatic nitrogens is 2. The largest absolute Gasteiger partial charge is 0.573 e. The van der Waals surface area contributed by atoms with Crippen LogP contribution in [0, 0.1) is 0 Å². The number of hydrogen-bond donors (Lipinski definition) is 0. The van der Waals surface area contributed by atoms with Crippen LogP contribution < -0.4 is 19.1 Å². The second-order valence-electron chi connectivity index (χ2n) is 8.18. The fourth-order valence-electron chi connectivity index (χ4n) is 3.95. The third-order valence-electron chi connectivity index (χ3n) is 5.57. The predicted octanol–water partition coefficient (Wildman–Crippen LogP) is 5.56. The molecule has 3 aromatic carbocycles. The minimum absolute atomic E-state index is 0.261. The molecule has 0 fully saturated rings. The Labute approximate surface area is 194 Å². The molecular formula is C25H22F3N3O3. The Morgan fingerprint density at radius 2 is 1.76 bits per heavy atom. The molecule has 1 aliphatic rings. The summed E-state index contributed by atoms with van der Waals surface area (Å²) in [6.45, 7) is 0.681. The second-order valence-corrected chi connectivity index (χ2v) is 8.18. The van der Waals surface area contributed by atoms with Crippen LogP contribution in [0.2, 0.25) is 0 Å². The van der Waals surface area contributed by atoms with Crippen molar-refractivity contribution in [1.29, 1.82) is 0 Å². The number of fused-ring (bicyclic) bond motifs is 2. The lowest BCUT2D eigenvalue weighted by Gasteiger charge is -2.26. The molecule has 176 valence electrons. The molecule has 0 saturated carbocycles. The van der Waals surface area contributed by atoms with E-state index in [0.717, 1.165) is 22.3 Å². The minimum Gasteiger partial charge on any atom is -0.485 e. The first kappa shape index (κ1) is 21.9. The number of anilines is 1. The molecule has 0 saturated heterocycles. The fourth-order valence-corrected chi connectivity index (χ4v) is 3.95. The van der Waals surface area contributed by atoms with E-state index in [1.165, 1.54) is 12.1 Å². The number of imidazole rings is 1. The molecule has 1 unspecified atom stereocenters. The lowest BCUT2D eigenvalue weighted by atomic mass is 10.2. The zero-order valence-electron chi connectivity index (χ0n) is 18.5. The van der Waals surface area contributed by atoms with Crippen LogP contribution in [0.1, 0.15) is 17.5 Å². The minimum atomic E-state index is -4.73. The SMILES string of the molecule is CN(C)c1ccc2c(c1)nc(C1COc3ccccc3O1)n2Cc1ccc(OC(F)(F)F)cc1. The molecule has 1 aromatic heterocycles. The Kier molecular flexibility index (Phi) is 5.47. The van der Waals surface area contributed by atoms with Gasteiger partial charge in [0.2, 0.25) is 0 Å². The van der Waals surface area contributed by atoms with Crippen LogP contribution in [-0.4, -0.2) is 36.6 Å². The van der Waals surface area contributed by atoms with Gasteiger partial charge in [0, 0.05) is 26.3 Å². The van der Waals surface area contributed by atoms with E-state index in [9.17, 15) is 13.2 Å². The van der Waals surface area contributed by atoms with Crippen LogP contribution in [0.4, 0.5) is 18.9 Å². The van der Waals surface area contributed by atoms with Crippen molar-refractivity contribution in [3.8, 4) is 17.2 Å². The van der Waals surface area contributed by atoms with Gasteiger partial charge in [-0.15, -0.1) is 13.2 Å². The third kappa shape index (κ3) is 4.46. The zero-order valence-corrected chi connectivity index (χ0v) is 18.5. The van der Waals surface area contributed by atoms with Gasteiger partial charge in [0.25, 0.3) is 0 Å². The predicted molar refractivity (Wildman–Crippen MR) is 122 cm³/mol. The summed E-state index contributed by atoms with van der Waals surface area (Å²) >= 11 is 0. The van der Waals surface area contributed by atoms with Gasteiger partial charge in [-0.3, -0.25) is 0 Å². The van der Waals surface area contributed by atoms with Crippen LogP contribution >= 0.6 is 0 Å². The average molecular weight is 469 g/mol. The smallest absolute Gasteiger partial charge is 0.485 e. The first-order chi connectivity index (χ1) is 16.3. The molecule has 0 spiro atoms. The van der Waals surface area contributed by atoms with Crippen molar-refractivity contribution >= 4 is 16.7 Å². The van der Waals surface area contributed by atoms with Crippen molar-refractivity contribution in [2.75, 3.05) is 25.6 Å². The van der Waals surface area contributed by atoms with E-state index in [2.05, 4.69) is 4.74 Å². The van der Waals surface area contributed by atoms with E-state index < -0.39 is 12.5 Å². The Morgan fingerprint density at radius 3 is 2.47 bits per heavy atom. The van der Waals surface area contributed by atoms with Crippen molar-refractivity contribution in [3.05, 3.63) is 78.1 Å². The van der Waals surface area contributed by atoms with Crippen molar-refractivity contribution < 1.29 is 27.4 Å². The van der Waals surface area contributed by atoms with E-state index in [1.807, 2.05) is 66.0 Å².